The highest BCUT2D eigenvalue weighted by Gasteiger charge is 2.52. The van der Waals surface area contributed by atoms with Crippen LogP contribution in [0.5, 0.6) is 0 Å². The van der Waals surface area contributed by atoms with Crippen LogP contribution >= 0.6 is 0 Å². The van der Waals surface area contributed by atoms with E-state index in [4.69, 9.17) is 0 Å². The minimum Gasteiger partial charge on any atom is -0.310 e. The van der Waals surface area contributed by atoms with Crippen molar-refractivity contribution in [2.75, 3.05) is 14.7 Å². The Bertz CT molecular complexity index is 3010. The van der Waals surface area contributed by atoms with E-state index in [2.05, 4.69) is 276 Å². The molecule has 0 N–H and O–H groups in total. The normalized spacial score (nSPS) is 12.5. The molecule has 302 valence electrons. The van der Waals surface area contributed by atoms with E-state index in [9.17, 15) is 0 Å². The second-order valence-electron chi connectivity index (χ2n) is 16.5. The van der Waals surface area contributed by atoms with Gasteiger partial charge in [-0.2, -0.15) is 0 Å². The molecule has 10 aromatic rings. The average molecular weight is 818 g/mol. The van der Waals surface area contributed by atoms with Gasteiger partial charge in [-0.05, 0) is 154 Å². The van der Waals surface area contributed by atoms with E-state index >= 15 is 0 Å². The lowest BCUT2D eigenvalue weighted by Gasteiger charge is -2.33. The summed E-state index contributed by atoms with van der Waals surface area (Å²) < 4.78 is 0. The molecule has 0 atom stereocenters. The standard InChI is InChI=1S/C61H43N3/c1-7-21-44(22-8-1)62(45-23-9-2-10-24-45)50-37-40-58-56(41-50)53-33-19-20-34-57(53)61(58)59-42-51(63(46-25-11-3-12-26-46)47-27-13-4-14-28-47)35-38-54(59)55-39-36-52(43-60(55)61)64(48-29-15-5-16-30-48)49-31-17-6-18-32-49/h1-43H. The number of hydrogen-bond acceptors (Lipinski definition) is 3. The van der Waals surface area contributed by atoms with Gasteiger partial charge >= 0.3 is 0 Å². The first-order valence-corrected chi connectivity index (χ1v) is 22.0. The summed E-state index contributed by atoms with van der Waals surface area (Å²) in [5.41, 5.74) is 19.5. The van der Waals surface area contributed by atoms with E-state index in [0.29, 0.717) is 0 Å². The maximum absolute atomic E-state index is 2.47. The summed E-state index contributed by atoms with van der Waals surface area (Å²) in [6, 6.07) is 94.9. The van der Waals surface area contributed by atoms with E-state index in [-0.39, 0.29) is 0 Å². The van der Waals surface area contributed by atoms with Crippen LogP contribution in [0, 0.1) is 0 Å². The molecule has 64 heavy (non-hydrogen) atoms. The third kappa shape index (κ3) is 5.97. The number of nitrogens with zero attached hydrogens (tertiary/aromatic N) is 3. The lowest BCUT2D eigenvalue weighted by atomic mass is 9.70. The maximum Gasteiger partial charge on any atom is 0.0727 e. The van der Waals surface area contributed by atoms with Crippen LogP contribution in [0.25, 0.3) is 22.3 Å². The molecule has 2 aliphatic rings. The van der Waals surface area contributed by atoms with Crippen LogP contribution in [0.2, 0.25) is 0 Å². The van der Waals surface area contributed by atoms with Gasteiger partial charge in [0.1, 0.15) is 0 Å². The number of rotatable bonds is 9. The molecule has 0 unspecified atom stereocenters. The Morgan fingerprint density at radius 1 is 0.188 bits per heavy atom. The van der Waals surface area contributed by atoms with Crippen molar-refractivity contribution in [2.24, 2.45) is 0 Å². The molecule has 0 aliphatic heterocycles. The van der Waals surface area contributed by atoms with Crippen molar-refractivity contribution in [3.8, 4) is 22.3 Å². The molecule has 0 bridgehead atoms. The minimum absolute atomic E-state index is 0.621. The summed E-state index contributed by atoms with van der Waals surface area (Å²) >= 11 is 0. The number of fused-ring (bicyclic) bond motifs is 10. The van der Waals surface area contributed by atoms with Crippen molar-refractivity contribution >= 4 is 51.2 Å². The maximum atomic E-state index is 2.47. The highest BCUT2D eigenvalue weighted by molar-refractivity contribution is 5.99. The first kappa shape index (κ1) is 37.4. The highest BCUT2D eigenvalue weighted by Crippen LogP contribution is 2.64. The fourth-order valence-electron chi connectivity index (χ4n) is 10.4. The molecule has 0 aromatic heterocycles. The van der Waals surface area contributed by atoms with Crippen LogP contribution in [-0.2, 0) is 5.41 Å². The number of hydrogen-bond donors (Lipinski definition) is 0. The van der Waals surface area contributed by atoms with Gasteiger partial charge in [0, 0.05) is 51.2 Å². The molecule has 3 nitrogen and oxygen atoms in total. The predicted octanol–water partition coefficient (Wildman–Crippen LogP) is 16.4. The van der Waals surface area contributed by atoms with E-state index < -0.39 is 5.41 Å². The summed E-state index contributed by atoms with van der Waals surface area (Å²) in [6.45, 7) is 0. The Hall–Kier alpha value is -8.40. The fraction of sp³-hybridized carbons (Fsp3) is 0.0164. The van der Waals surface area contributed by atoms with Gasteiger partial charge in [-0.15, -0.1) is 0 Å². The summed E-state index contributed by atoms with van der Waals surface area (Å²) in [5.74, 6) is 0. The Morgan fingerprint density at radius 3 is 0.844 bits per heavy atom. The molecule has 12 rings (SSSR count). The van der Waals surface area contributed by atoms with Gasteiger partial charge in [0.25, 0.3) is 0 Å². The molecule has 0 amide bonds. The largest absolute Gasteiger partial charge is 0.310 e. The van der Waals surface area contributed by atoms with E-state index in [1.807, 2.05) is 0 Å². The van der Waals surface area contributed by atoms with E-state index in [1.165, 1.54) is 44.5 Å². The first-order chi connectivity index (χ1) is 31.8. The molecule has 3 heteroatoms. The monoisotopic (exact) mass is 817 g/mol. The Labute approximate surface area is 375 Å². The van der Waals surface area contributed by atoms with Crippen LogP contribution < -0.4 is 14.7 Å². The van der Waals surface area contributed by atoms with Crippen LogP contribution in [0.1, 0.15) is 22.3 Å². The molecule has 0 saturated heterocycles. The zero-order chi connectivity index (χ0) is 42.5. The van der Waals surface area contributed by atoms with Gasteiger partial charge in [-0.25, -0.2) is 0 Å². The molecule has 0 fully saturated rings. The predicted molar refractivity (Wildman–Crippen MR) is 267 cm³/mol. The lowest BCUT2D eigenvalue weighted by Crippen LogP contribution is -2.26. The summed E-state index contributed by atoms with van der Waals surface area (Å²) in [7, 11) is 0. The second kappa shape index (κ2) is 15.5. The average Bonchev–Trinajstić information content (AvgIpc) is 3.82. The SMILES string of the molecule is c1ccc(N(c2ccccc2)c2ccc3c(c2)-c2ccccc2C32c3cc(N(c4ccccc4)c4ccccc4)ccc3-c3ccc(N(c4ccccc4)c4ccccc4)cc32)cc1. The number of anilines is 9. The smallest absolute Gasteiger partial charge is 0.0727 e. The Kier molecular flexibility index (Phi) is 9.05. The van der Waals surface area contributed by atoms with Gasteiger partial charge in [-0.3, -0.25) is 0 Å². The van der Waals surface area contributed by atoms with Crippen molar-refractivity contribution in [3.63, 3.8) is 0 Å². The lowest BCUT2D eigenvalue weighted by molar-refractivity contribution is 0.793. The number of para-hydroxylation sites is 6. The Balaban J connectivity index is 1.14. The molecule has 1 spiro atoms. The van der Waals surface area contributed by atoms with Gasteiger partial charge in [-0.1, -0.05) is 152 Å². The summed E-state index contributed by atoms with van der Waals surface area (Å²) in [6.07, 6.45) is 0. The molecular weight excluding hydrogens is 775 g/mol. The summed E-state index contributed by atoms with van der Waals surface area (Å²) in [5, 5.41) is 0. The zero-order valence-electron chi connectivity index (χ0n) is 35.2. The molecule has 0 heterocycles. The van der Waals surface area contributed by atoms with Crippen molar-refractivity contribution < 1.29 is 0 Å². The van der Waals surface area contributed by atoms with Crippen molar-refractivity contribution in [1.29, 1.82) is 0 Å². The molecule has 10 aromatic carbocycles. The molecular formula is C61H43N3. The third-order valence-corrected chi connectivity index (χ3v) is 13.0. The van der Waals surface area contributed by atoms with Crippen molar-refractivity contribution in [1.82, 2.24) is 0 Å². The molecule has 2 aliphatic carbocycles. The van der Waals surface area contributed by atoms with Crippen molar-refractivity contribution in [2.45, 2.75) is 5.41 Å². The van der Waals surface area contributed by atoms with Crippen molar-refractivity contribution in [3.05, 3.63) is 283 Å². The second-order valence-corrected chi connectivity index (χ2v) is 16.5. The fourth-order valence-corrected chi connectivity index (χ4v) is 10.4. The van der Waals surface area contributed by atoms with E-state index in [0.717, 1.165) is 51.2 Å². The summed E-state index contributed by atoms with van der Waals surface area (Å²) in [4.78, 5) is 7.14. The van der Waals surface area contributed by atoms with E-state index in [1.54, 1.807) is 0 Å². The minimum atomic E-state index is -0.621. The molecule has 0 saturated carbocycles. The topological polar surface area (TPSA) is 9.72 Å². The van der Waals surface area contributed by atoms with Gasteiger partial charge < -0.3 is 14.7 Å². The number of benzene rings is 10. The van der Waals surface area contributed by atoms with Crippen LogP contribution in [-0.4, -0.2) is 0 Å². The van der Waals surface area contributed by atoms with Gasteiger partial charge in [0.2, 0.25) is 0 Å². The zero-order valence-corrected chi connectivity index (χ0v) is 35.2. The third-order valence-electron chi connectivity index (χ3n) is 13.0. The van der Waals surface area contributed by atoms with Gasteiger partial charge in [0.05, 0.1) is 5.41 Å². The first-order valence-electron chi connectivity index (χ1n) is 22.0. The van der Waals surface area contributed by atoms with Crippen LogP contribution in [0.15, 0.2) is 261 Å². The molecule has 0 radical (unpaired) electrons. The van der Waals surface area contributed by atoms with Crippen LogP contribution in [0.3, 0.4) is 0 Å². The Morgan fingerprint density at radius 2 is 0.469 bits per heavy atom. The van der Waals surface area contributed by atoms with Crippen LogP contribution in [0.4, 0.5) is 51.2 Å². The highest BCUT2D eigenvalue weighted by atomic mass is 15.2. The van der Waals surface area contributed by atoms with Gasteiger partial charge in [0.15, 0.2) is 0 Å². The quantitative estimate of drug-likeness (QED) is 0.144.